The summed E-state index contributed by atoms with van der Waals surface area (Å²) in [7, 11) is 0. The summed E-state index contributed by atoms with van der Waals surface area (Å²) in [6, 6.07) is 0. The Balaban J connectivity index is 1.89. The maximum absolute atomic E-state index is 11.7. The molecule has 0 amide bonds. The van der Waals surface area contributed by atoms with Gasteiger partial charge in [-0.1, -0.05) is 0 Å². The number of halogens is 3. The average molecular weight is 271 g/mol. The van der Waals surface area contributed by atoms with Crippen molar-refractivity contribution < 1.29 is 27.4 Å². The largest absolute Gasteiger partial charge is 0.411 e. The number of morpholine rings is 1. The van der Waals surface area contributed by atoms with Crippen LogP contribution in [-0.4, -0.2) is 57.9 Å². The molecule has 0 aromatic rings. The zero-order valence-electron chi connectivity index (χ0n) is 10.5. The van der Waals surface area contributed by atoms with Crippen LogP contribution < -0.4 is 5.32 Å². The van der Waals surface area contributed by atoms with E-state index in [0.717, 1.165) is 13.1 Å². The quantitative estimate of drug-likeness (QED) is 0.710. The van der Waals surface area contributed by atoms with Gasteiger partial charge in [0.2, 0.25) is 0 Å². The number of nitrogens with one attached hydrogen (secondary N) is 1. The highest BCUT2D eigenvalue weighted by molar-refractivity contribution is 4.71. The Labute approximate surface area is 105 Å². The number of alkyl halides is 3. The maximum atomic E-state index is 11.7. The molecule has 1 aliphatic heterocycles. The molecule has 1 aliphatic rings. The first-order valence-electron chi connectivity index (χ1n) is 6.06. The molecular weight excluding hydrogens is 251 g/mol. The van der Waals surface area contributed by atoms with Gasteiger partial charge in [-0.05, 0) is 13.3 Å². The van der Waals surface area contributed by atoms with E-state index >= 15 is 0 Å². The van der Waals surface area contributed by atoms with Crippen molar-refractivity contribution in [3.05, 3.63) is 0 Å². The average Bonchev–Trinajstić information content (AvgIpc) is 2.26. The molecule has 108 valence electrons. The van der Waals surface area contributed by atoms with Crippen LogP contribution in [0.15, 0.2) is 0 Å². The van der Waals surface area contributed by atoms with Crippen molar-refractivity contribution in [2.45, 2.75) is 31.7 Å². The third-order valence-electron chi connectivity index (χ3n) is 2.38. The topological polar surface area (TPSA) is 39.7 Å². The molecule has 1 N–H and O–H groups in total. The maximum Gasteiger partial charge on any atom is 0.411 e. The SMILES string of the molecule is CC1CNCC(COCCCOCC(F)(F)F)O1. The number of hydrogen-bond acceptors (Lipinski definition) is 4. The number of rotatable bonds is 7. The molecule has 18 heavy (non-hydrogen) atoms. The summed E-state index contributed by atoms with van der Waals surface area (Å²) in [5.41, 5.74) is 0. The van der Waals surface area contributed by atoms with Gasteiger partial charge in [0.1, 0.15) is 6.61 Å². The van der Waals surface area contributed by atoms with Gasteiger partial charge in [-0.25, -0.2) is 0 Å². The molecule has 1 heterocycles. The van der Waals surface area contributed by atoms with E-state index in [0.29, 0.717) is 19.6 Å². The summed E-state index contributed by atoms with van der Waals surface area (Å²) in [5.74, 6) is 0. The van der Waals surface area contributed by atoms with E-state index in [2.05, 4.69) is 10.1 Å². The van der Waals surface area contributed by atoms with Gasteiger partial charge < -0.3 is 19.5 Å². The van der Waals surface area contributed by atoms with E-state index in [1.165, 1.54) is 0 Å². The summed E-state index contributed by atoms with van der Waals surface area (Å²) < 4.78 is 50.6. The molecule has 1 rings (SSSR count). The minimum absolute atomic E-state index is 0.0184. The van der Waals surface area contributed by atoms with Crippen molar-refractivity contribution in [2.75, 3.05) is 39.5 Å². The zero-order chi connectivity index (χ0) is 13.4. The van der Waals surface area contributed by atoms with Gasteiger partial charge in [-0.2, -0.15) is 13.2 Å². The molecular formula is C11H20F3NO3. The molecule has 0 aromatic heterocycles. The van der Waals surface area contributed by atoms with E-state index in [1.807, 2.05) is 6.92 Å². The van der Waals surface area contributed by atoms with E-state index in [1.54, 1.807) is 0 Å². The van der Waals surface area contributed by atoms with E-state index in [-0.39, 0.29) is 18.8 Å². The Morgan fingerprint density at radius 1 is 1.22 bits per heavy atom. The lowest BCUT2D eigenvalue weighted by Crippen LogP contribution is -2.45. The molecule has 2 unspecified atom stereocenters. The molecule has 0 spiro atoms. The van der Waals surface area contributed by atoms with E-state index in [9.17, 15) is 13.2 Å². The summed E-state index contributed by atoms with van der Waals surface area (Å²) >= 11 is 0. The predicted octanol–water partition coefficient (Wildman–Crippen LogP) is 1.35. The second kappa shape index (κ2) is 7.93. The van der Waals surface area contributed by atoms with Crippen molar-refractivity contribution in [3.63, 3.8) is 0 Å². The molecule has 4 nitrogen and oxygen atoms in total. The molecule has 1 saturated heterocycles. The molecule has 0 bridgehead atoms. The van der Waals surface area contributed by atoms with Crippen molar-refractivity contribution in [3.8, 4) is 0 Å². The number of ether oxygens (including phenoxy) is 3. The highest BCUT2D eigenvalue weighted by Gasteiger charge is 2.27. The smallest absolute Gasteiger partial charge is 0.379 e. The van der Waals surface area contributed by atoms with Crippen LogP contribution in [0.1, 0.15) is 13.3 Å². The van der Waals surface area contributed by atoms with Gasteiger partial charge in [-0.15, -0.1) is 0 Å². The lowest BCUT2D eigenvalue weighted by atomic mass is 10.2. The second-order valence-corrected chi connectivity index (χ2v) is 4.32. The van der Waals surface area contributed by atoms with Crippen LogP contribution in [0.25, 0.3) is 0 Å². The fourth-order valence-corrected chi connectivity index (χ4v) is 1.64. The van der Waals surface area contributed by atoms with Crippen LogP contribution in [0.4, 0.5) is 13.2 Å². The molecule has 0 saturated carbocycles. The normalized spacial score (nSPS) is 25.3. The predicted molar refractivity (Wildman–Crippen MR) is 59.5 cm³/mol. The van der Waals surface area contributed by atoms with Crippen molar-refractivity contribution in [2.24, 2.45) is 0 Å². The van der Waals surface area contributed by atoms with Crippen molar-refractivity contribution in [1.29, 1.82) is 0 Å². The summed E-state index contributed by atoms with van der Waals surface area (Å²) in [5, 5.41) is 3.21. The molecule has 7 heteroatoms. The van der Waals surface area contributed by atoms with Crippen LogP contribution in [0, 0.1) is 0 Å². The molecule has 0 aliphatic carbocycles. The minimum atomic E-state index is -4.25. The third kappa shape index (κ3) is 7.86. The first-order valence-corrected chi connectivity index (χ1v) is 6.06. The Kier molecular flexibility index (Phi) is 6.91. The molecule has 0 radical (unpaired) electrons. The number of hydrogen-bond donors (Lipinski definition) is 1. The van der Waals surface area contributed by atoms with Crippen LogP contribution >= 0.6 is 0 Å². The summed E-state index contributed by atoms with van der Waals surface area (Å²) in [6.45, 7) is 3.25. The molecule has 2 atom stereocenters. The van der Waals surface area contributed by atoms with E-state index in [4.69, 9.17) is 9.47 Å². The molecule has 1 fully saturated rings. The van der Waals surface area contributed by atoms with Crippen molar-refractivity contribution >= 4 is 0 Å². The highest BCUT2D eigenvalue weighted by Crippen LogP contribution is 2.14. The zero-order valence-corrected chi connectivity index (χ0v) is 10.5. The Morgan fingerprint density at radius 3 is 2.61 bits per heavy atom. The standard InChI is InChI=1S/C11H20F3NO3/c1-9-5-15-6-10(18-9)7-16-3-2-4-17-8-11(12,13)14/h9-10,15H,2-8H2,1H3. The third-order valence-corrected chi connectivity index (χ3v) is 2.38. The van der Waals surface area contributed by atoms with Gasteiger partial charge in [0, 0.05) is 26.3 Å². The first kappa shape index (κ1) is 15.7. The Bertz CT molecular complexity index is 226. The minimum Gasteiger partial charge on any atom is -0.379 e. The highest BCUT2D eigenvalue weighted by atomic mass is 19.4. The van der Waals surface area contributed by atoms with Gasteiger partial charge in [0.15, 0.2) is 0 Å². The van der Waals surface area contributed by atoms with Crippen LogP contribution in [-0.2, 0) is 14.2 Å². The second-order valence-electron chi connectivity index (χ2n) is 4.32. The first-order chi connectivity index (χ1) is 8.47. The fraction of sp³-hybridized carbons (Fsp3) is 1.00. The van der Waals surface area contributed by atoms with Crippen molar-refractivity contribution in [1.82, 2.24) is 5.32 Å². The van der Waals surface area contributed by atoms with Gasteiger partial charge >= 0.3 is 6.18 Å². The summed E-state index contributed by atoms with van der Waals surface area (Å²) in [4.78, 5) is 0. The van der Waals surface area contributed by atoms with Crippen LogP contribution in [0.3, 0.4) is 0 Å². The molecule has 0 aromatic carbocycles. The van der Waals surface area contributed by atoms with E-state index < -0.39 is 12.8 Å². The Morgan fingerprint density at radius 2 is 1.94 bits per heavy atom. The Hall–Kier alpha value is -0.370. The lowest BCUT2D eigenvalue weighted by Gasteiger charge is -2.28. The summed E-state index contributed by atoms with van der Waals surface area (Å²) in [6.07, 6.45) is -3.61. The lowest BCUT2D eigenvalue weighted by molar-refractivity contribution is -0.174. The van der Waals surface area contributed by atoms with Crippen LogP contribution in [0.5, 0.6) is 0 Å². The van der Waals surface area contributed by atoms with Gasteiger partial charge in [0.25, 0.3) is 0 Å². The monoisotopic (exact) mass is 271 g/mol. The van der Waals surface area contributed by atoms with Gasteiger partial charge in [-0.3, -0.25) is 0 Å². The van der Waals surface area contributed by atoms with Crippen LogP contribution in [0.2, 0.25) is 0 Å². The fourth-order valence-electron chi connectivity index (χ4n) is 1.64. The van der Waals surface area contributed by atoms with Gasteiger partial charge in [0.05, 0.1) is 18.8 Å².